The van der Waals surface area contributed by atoms with E-state index in [9.17, 15) is 15.0 Å². The molecule has 0 aliphatic heterocycles. The number of amides is 1. The summed E-state index contributed by atoms with van der Waals surface area (Å²) in [6.45, 7) is 0. The molecular formula is C16H16N2O5. The first-order valence-electron chi connectivity index (χ1n) is 6.62. The summed E-state index contributed by atoms with van der Waals surface area (Å²) in [6.07, 6.45) is 1.31. The van der Waals surface area contributed by atoms with Crippen LogP contribution in [0.4, 0.5) is 0 Å². The van der Waals surface area contributed by atoms with E-state index >= 15 is 0 Å². The molecule has 120 valence electrons. The third kappa shape index (κ3) is 3.91. The third-order valence-electron chi connectivity index (χ3n) is 3.05. The Morgan fingerprint density at radius 1 is 1.09 bits per heavy atom. The van der Waals surface area contributed by atoms with Gasteiger partial charge in [0.1, 0.15) is 11.5 Å². The van der Waals surface area contributed by atoms with Gasteiger partial charge in [0.15, 0.2) is 11.5 Å². The van der Waals surface area contributed by atoms with Gasteiger partial charge in [0.25, 0.3) is 5.91 Å². The van der Waals surface area contributed by atoms with Crippen LogP contribution in [0.1, 0.15) is 15.9 Å². The molecule has 1 amide bonds. The summed E-state index contributed by atoms with van der Waals surface area (Å²) in [5.41, 5.74) is 3.02. The minimum Gasteiger partial charge on any atom is -0.507 e. The summed E-state index contributed by atoms with van der Waals surface area (Å²) in [4.78, 5) is 12.0. The molecule has 0 aliphatic rings. The molecule has 0 saturated carbocycles. The van der Waals surface area contributed by atoms with Gasteiger partial charge < -0.3 is 19.7 Å². The molecule has 3 N–H and O–H groups in total. The first kappa shape index (κ1) is 16.2. The molecule has 2 aromatic carbocycles. The molecule has 0 heterocycles. The molecule has 0 saturated heterocycles. The Kier molecular flexibility index (Phi) is 5.03. The molecule has 23 heavy (non-hydrogen) atoms. The lowest BCUT2D eigenvalue weighted by molar-refractivity contribution is 0.0954. The normalized spacial score (nSPS) is 10.5. The summed E-state index contributed by atoms with van der Waals surface area (Å²) < 4.78 is 9.91. The van der Waals surface area contributed by atoms with Crippen molar-refractivity contribution in [3.05, 3.63) is 47.5 Å². The van der Waals surface area contributed by atoms with Crippen LogP contribution in [0.5, 0.6) is 23.0 Å². The van der Waals surface area contributed by atoms with Gasteiger partial charge in [0.05, 0.1) is 20.4 Å². The lowest BCUT2D eigenvalue weighted by Crippen LogP contribution is -2.17. The van der Waals surface area contributed by atoms with Gasteiger partial charge in [-0.3, -0.25) is 4.79 Å². The van der Waals surface area contributed by atoms with Gasteiger partial charge >= 0.3 is 0 Å². The number of rotatable bonds is 5. The fourth-order valence-corrected chi connectivity index (χ4v) is 1.80. The number of phenols is 2. The zero-order valence-corrected chi connectivity index (χ0v) is 12.6. The van der Waals surface area contributed by atoms with Crippen molar-refractivity contribution >= 4 is 12.1 Å². The van der Waals surface area contributed by atoms with Crippen LogP contribution in [-0.2, 0) is 0 Å². The average Bonchev–Trinajstić information content (AvgIpc) is 2.56. The fourth-order valence-electron chi connectivity index (χ4n) is 1.80. The van der Waals surface area contributed by atoms with Crippen LogP contribution in [0.25, 0.3) is 0 Å². The van der Waals surface area contributed by atoms with Crippen LogP contribution < -0.4 is 14.9 Å². The molecule has 0 bridgehead atoms. The number of nitrogens with one attached hydrogen (secondary N) is 1. The van der Waals surface area contributed by atoms with E-state index < -0.39 is 5.91 Å². The molecule has 0 spiro atoms. The summed E-state index contributed by atoms with van der Waals surface area (Å²) in [5.74, 6) is 0.145. The quantitative estimate of drug-likeness (QED) is 0.577. The minimum atomic E-state index is -0.479. The Morgan fingerprint density at radius 3 is 2.52 bits per heavy atom. The van der Waals surface area contributed by atoms with Crippen molar-refractivity contribution in [2.45, 2.75) is 0 Å². The van der Waals surface area contributed by atoms with Gasteiger partial charge in [-0.25, -0.2) is 5.43 Å². The average molecular weight is 316 g/mol. The molecule has 2 rings (SSSR count). The lowest BCUT2D eigenvalue weighted by atomic mass is 10.2. The van der Waals surface area contributed by atoms with E-state index in [4.69, 9.17) is 9.47 Å². The molecule has 0 radical (unpaired) electrons. The summed E-state index contributed by atoms with van der Waals surface area (Å²) in [6, 6.07) is 8.89. The van der Waals surface area contributed by atoms with Crippen molar-refractivity contribution in [3.8, 4) is 23.0 Å². The van der Waals surface area contributed by atoms with Gasteiger partial charge in [0, 0.05) is 17.2 Å². The Morgan fingerprint density at radius 2 is 1.87 bits per heavy atom. The molecule has 0 aliphatic carbocycles. The Bertz CT molecular complexity index is 743. The van der Waals surface area contributed by atoms with E-state index in [2.05, 4.69) is 10.5 Å². The number of carbonyl (C=O) groups is 1. The monoisotopic (exact) mass is 316 g/mol. The summed E-state index contributed by atoms with van der Waals surface area (Å²) in [5, 5.41) is 23.0. The second-order valence-corrected chi connectivity index (χ2v) is 4.51. The van der Waals surface area contributed by atoms with Crippen LogP contribution in [0, 0.1) is 0 Å². The van der Waals surface area contributed by atoms with Gasteiger partial charge in [0.2, 0.25) is 0 Å². The number of benzene rings is 2. The molecule has 0 fully saturated rings. The smallest absolute Gasteiger partial charge is 0.271 e. The molecule has 0 aromatic heterocycles. The number of hydrazone groups is 1. The second kappa shape index (κ2) is 7.17. The minimum absolute atomic E-state index is 0.0198. The van der Waals surface area contributed by atoms with Crippen molar-refractivity contribution in [3.63, 3.8) is 0 Å². The van der Waals surface area contributed by atoms with Gasteiger partial charge in [-0.05, 0) is 30.3 Å². The molecule has 7 nitrogen and oxygen atoms in total. The predicted molar refractivity (Wildman–Crippen MR) is 84.4 cm³/mol. The highest BCUT2D eigenvalue weighted by Gasteiger charge is 2.09. The van der Waals surface area contributed by atoms with Crippen molar-refractivity contribution in [1.29, 1.82) is 0 Å². The third-order valence-corrected chi connectivity index (χ3v) is 3.05. The lowest BCUT2D eigenvalue weighted by Gasteiger charge is -2.05. The molecule has 0 unspecified atom stereocenters. The van der Waals surface area contributed by atoms with Crippen LogP contribution in [0.2, 0.25) is 0 Å². The fraction of sp³-hybridized carbons (Fsp3) is 0.125. The first-order valence-corrected chi connectivity index (χ1v) is 6.62. The Hall–Kier alpha value is -3.22. The van der Waals surface area contributed by atoms with Gasteiger partial charge in [-0.2, -0.15) is 5.10 Å². The number of methoxy groups -OCH3 is 2. The highest BCUT2D eigenvalue weighted by atomic mass is 16.5. The number of hydrogen-bond acceptors (Lipinski definition) is 6. The Balaban J connectivity index is 2.06. The number of nitrogens with zero attached hydrogens (tertiary/aromatic N) is 1. The van der Waals surface area contributed by atoms with Gasteiger partial charge in [-0.15, -0.1) is 0 Å². The van der Waals surface area contributed by atoms with Crippen molar-refractivity contribution in [1.82, 2.24) is 5.43 Å². The van der Waals surface area contributed by atoms with Crippen molar-refractivity contribution in [2.75, 3.05) is 14.2 Å². The molecule has 0 atom stereocenters. The maximum atomic E-state index is 12.0. The topological polar surface area (TPSA) is 100 Å². The van der Waals surface area contributed by atoms with E-state index in [1.807, 2.05) is 0 Å². The highest BCUT2D eigenvalue weighted by molar-refractivity contribution is 5.95. The zero-order valence-electron chi connectivity index (χ0n) is 12.6. The second-order valence-electron chi connectivity index (χ2n) is 4.51. The van der Waals surface area contributed by atoms with Crippen LogP contribution in [-0.4, -0.2) is 36.6 Å². The maximum Gasteiger partial charge on any atom is 0.271 e. The molecule has 2 aromatic rings. The standard InChI is InChI=1S/C16H16N2O5/c1-22-12-5-3-11(14(20)8-12)9-17-18-16(21)10-4-6-13(19)15(7-10)23-2/h3-9,19-20H,1-2H3,(H,18,21). The maximum absolute atomic E-state index is 12.0. The highest BCUT2D eigenvalue weighted by Crippen LogP contribution is 2.26. The van der Waals surface area contributed by atoms with Crippen molar-refractivity contribution in [2.24, 2.45) is 5.10 Å². The van der Waals surface area contributed by atoms with E-state index in [1.54, 1.807) is 12.1 Å². The largest absolute Gasteiger partial charge is 0.507 e. The van der Waals surface area contributed by atoms with E-state index in [0.717, 1.165) is 0 Å². The number of phenolic OH excluding ortho intramolecular Hbond substituents is 2. The summed E-state index contributed by atoms with van der Waals surface area (Å²) >= 11 is 0. The van der Waals surface area contributed by atoms with Crippen LogP contribution >= 0.6 is 0 Å². The number of carbonyl (C=O) groups excluding carboxylic acids is 1. The van der Waals surface area contributed by atoms with Crippen LogP contribution in [0.15, 0.2) is 41.5 Å². The van der Waals surface area contributed by atoms with E-state index in [-0.39, 0.29) is 22.8 Å². The summed E-state index contributed by atoms with van der Waals surface area (Å²) in [7, 11) is 2.88. The molecule has 7 heteroatoms. The predicted octanol–water partition coefficient (Wildman–Crippen LogP) is 1.88. The zero-order chi connectivity index (χ0) is 16.8. The Labute approximate surface area is 132 Å². The molecular weight excluding hydrogens is 300 g/mol. The number of ether oxygens (including phenoxy) is 2. The van der Waals surface area contributed by atoms with Gasteiger partial charge in [-0.1, -0.05) is 0 Å². The van der Waals surface area contributed by atoms with Crippen LogP contribution in [0.3, 0.4) is 0 Å². The van der Waals surface area contributed by atoms with E-state index in [0.29, 0.717) is 11.3 Å². The van der Waals surface area contributed by atoms with E-state index in [1.165, 1.54) is 44.7 Å². The SMILES string of the molecule is COc1ccc(C=NNC(=O)c2ccc(O)c(OC)c2)c(O)c1. The number of aromatic hydroxyl groups is 2. The van der Waals surface area contributed by atoms with Crippen molar-refractivity contribution < 1.29 is 24.5 Å². The first-order chi connectivity index (χ1) is 11.0. The number of hydrogen-bond donors (Lipinski definition) is 3.